The summed E-state index contributed by atoms with van der Waals surface area (Å²) in [5, 5.41) is 7.08. The summed E-state index contributed by atoms with van der Waals surface area (Å²) < 4.78 is 17.2. The summed E-state index contributed by atoms with van der Waals surface area (Å²) in [5.74, 6) is 0.683. The largest absolute Gasteiger partial charge is 0.497 e. The van der Waals surface area contributed by atoms with Crippen LogP contribution in [-0.4, -0.2) is 67.5 Å². The number of fused-ring (bicyclic) bond motifs is 1. The third kappa shape index (κ3) is 4.09. The second kappa shape index (κ2) is 8.75. The smallest absolute Gasteiger partial charge is 0.271 e. The van der Waals surface area contributed by atoms with E-state index in [1.165, 1.54) is 7.11 Å². The maximum atomic E-state index is 13.0. The fraction of sp³-hybridized carbons (Fsp3) is 0.421. The normalized spacial score (nSPS) is 13.0. The zero-order chi connectivity index (χ0) is 20.1. The van der Waals surface area contributed by atoms with Gasteiger partial charge in [-0.1, -0.05) is 0 Å². The predicted molar refractivity (Wildman–Crippen MR) is 101 cm³/mol. The van der Waals surface area contributed by atoms with Crippen LogP contribution in [0.5, 0.6) is 11.5 Å². The standard InChI is InChI=1S/C19H24N4O5/c1-26-9-6-20-18(24)16-10-13-12-22(7-8-23(13)21-16)19(25)15-5-4-14(27-2)11-17(15)28-3/h4-5,10-11H,6-9,12H2,1-3H3,(H,20,24). The van der Waals surface area contributed by atoms with E-state index in [-0.39, 0.29) is 11.8 Å². The highest BCUT2D eigenvalue weighted by molar-refractivity contribution is 5.97. The van der Waals surface area contributed by atoms with E-state index in [0.29, 0.717) is 55.5 Å². The van der Waals surface area contributed by atoms with E-state index >= 15 is 0 Å². The van der Waals surface area contributed by atoms with Crippen LogP contribution in [0, 0.1) is 0 Å². The first-order chi connectivity index (χ1) is 13.6. The predicted octanol–water partition coefficient (Wildman–Crippen LogP) is 0.932. The van der Waals surface area contributed by atoms with Gasteiger partial charge in [-0.15, -0.1) is 0 Å². The summed E-state index contributed by atoms with van der Waals surface area (Å²) in [6.45, 7) is 2.23. The average molecular weight is 388 g/mol. The summed E-state index contributed by atoms with van der Waals surface area (Å²) in [6, 6.07) is 6.82. The van der Waals surface area contributed by atoms with Crippen molar-refractivity contribution >= 4 is 11.8 Å². The van der Waals surface area contributed by atoms with Gasteiger partial charge in [0.1, 0.15) is 11.5 Å². The van der Waals surface area contributed by atoms with Gasteiger partial charge in [-0.3, -0.25) is 14.3 Å². The molecule has 0 atom stereocenters. The average Bonchev–Trinajstić information content (AvgIpc) is 3.16. The van der Waals surface area contributed by atoms with E-state index in [1.807, 2.05) is 0 Å². The van der Waals surface area contributed by atoms with Crippen molar-refractivity contribution < 1.29 is 23.8 Å². The molecule has 1 aromatic carbocycles. The zero-order valence-electron chi connectivity index (χ0n) is 16.2. The molecular weight excluding hydrogens is 364 g/mol. The van der Waals surface area contributed by atoms with Gasteiger partial charge in [0.2, 0.25) is 0 Å². The third-order valence-corrected chi connectivity index (χ3v) is 4.55. The van der Waals surface area contributed by atoms with Gasteiger partial charge in [-0.2, -0.15) is 5.10 Å². The third-order valence-electron chi connectivity index (χ3n) is 4.55. The molecule has 150 valence electrons. The molecule has 2 heterocycles. The van der Waals surface area contributed by atoms with Crippen LogP contribution in [0.15, 0.2) is 24.3 Å². The van der Waals surface area contributed by atoms with Gasteiger partial charge >= 0.3 is 0 Å². The van der Waals surface area contributed by atoms with E-state index in [1.54, 1.807) is 48.1 Å². The molecule has 0 saturated carbocycles. The molecule has 28 heavy (non-hydrogen) atoms. The highest BCUT2D eigenvalue weighted by atomic mass is 16.5. The van der Waals surface area contributed by atoms with Gasteiger partial charge in [-0.05, 0) is 18.2 Å². The monoisotopic (exact) mass is 388 g/mol. The Kier molecular flexibility index (Phi) is 6.15. The van der Waals surface area contributed by atoms with Gasteiger partial charge in [0.05, 0.1) is 45.2 Å². The molecule has 0 bridgehead atoms. The number of hydrogen-bond acceptors (Lipinski definition) is 6. The lowest BCUT2D eigenvalue weighted by molar-refractivity contribution is 0.0702. The van der Waals surface area contributed by atoms with Crippen molar-refractivity contribution in [2.75, 3.05) is 41.0 Å². The van der Waals surface area contributed by atoms with Crippen molar-refractivity contribution in [3.63, 3.8) is 0 Å². The minimum absolute atomic E-state index is 0.141. The molecule has 0 fully saturated rings. The molecule has 0 aliphatic carbocycles. The van der Waals surface area contributed by atoms with Crippen molar-refractivity contribution in [1.29, 1.82) is 0 Å². The lowest BCUT2D eigenvalue weighted by Gasteiger charge is -2.28. The fourth-order valence-electron chi connectivity index (χ4n) is 3.05. The van der Waals surface area contributed by atoms with Crippen LogP contribution in [0.25, 0.3) is 0 Å². The summed E-state index contributed by atoms with van der Waals surface area (Å²) in [6.07, 6.45) is 0. The second-order valence-corrected chi connectivity index (χ2v) is 6.29. The Morgan fingerprint density at radius 1 is 1.14 bits per heavy atom. The molecule has 1 aliphatic rings. The number of rotatable bonds is 7. The lowest BCUT2D eigenvalue weighted by Crippen LogP contribution is -2.38. The second-order valence-electron chi connectivity index (χ2n) is 6.29. The van der Waals surface area contributed by atoms with Crippen LogP contribution in [0.2, 0.25) is 0 Å². The lowest BCUT2D eigenvalue weighted by atomic mass is 10.1. The number of aromatic nitrogens is 2. The Balaban J connectivity index is 1.73. The zero-order valence-corrected chi connectivity index (χ0v) is 16.2. The number of methoxy groups -OCH3 is 3. The van der Waals surface area contributed by atoms with E-state index in [4.69, 9.17) is 14.2 Å². The van der Waals surface area contributed by atoms with Gasteiger partial charge in [0, 0.05) is 26.3 Å². The molecule has 9 heteroatoms. The minimum Gasteiger partial charge on any atom is -0.497 e. The quantitative estimate of drug-likeness (QED) is 0.709. The van der Waals surface area contributed by atoms with Crippen LogP contribution in [0.3, 0.4) is 0 Å². The Morgan fingerprint density at radius 3 is 2.68 bits per heavy atom. The van der Waals surface area contributed by atoms with Crippen LogP contribution < -0.4 is 14.8 Å². The van der Waals surface area contributed by atoms with E-state index in [9.17, 15) is 9.59 Å². The molecule has 9 nitrogen and oxygen atoms in total. The topological polar surface area (TPSA) is 94.9 Å². The fourth-order valence-corrected chi connectivity index (χ4v) is 3.05. The Hall–Kier alpha value is -3.07. The molecule has 3 rings (SSSR count). The SMILES string of the molecule is COCCNC(=O)c1cc2n(n1)CCN(C(=O)c1ccc(OC)cc1OC)C2. The van der Waals surface area contributed by atoms with Crippen LogP contribution in [0.4, 0.5) is 0 Å². The van der Waals surface area contributed by atoms with Gasteiger partial charge in [-0.25, -0.2) is 0 Å². The van der Waals surface area contributed by atoms with E-state index in [2.05, 4.69) is 10.4 Å². The van der Waals surface area contributed by atoms with Crippen LogP contribution in [0.1, 0.15) is 26.5 Å². The number of amides is 2. The van der Waals surface area contributed by atoms with Gasteiger partial charge in [0.25, 0.3) is 11.8 Å². The molecule has 1 aliphatic heterocycles. The summed E-state index contributed by atoms with van der Waals surface area (Å²) in [7, 11) is 4.65. The first-order valence-corrected chi connectivity index (χ1v) is 8.92. The number of hydrogen-bond donors (Lipinski definition) is 1. The van der Waals surface area contributed by atoms with E-state index < -0.39 is 0 Å². The van der Waals surface area contributed by atoms with Crippen molar-refractivity contribution in [3.05, 3.63) is 41.2 Å². The van der Waals surface area contributed by atoms with Crippen molar-refractivity contribution in [3.8, 4) is 11.5 Å². The Bertz CT molecular complexity index is 864. The molecule has 1 N–H and O–H groups in total. The highest BCUT2D eigenvalue weighted by Gasteiger charge is 2.26. The Morgan fingerprint density at radius 2 is 1.96 bits per heavy atom. The van der Waals surface area contributed by atoms with Crippen molar-refractivity contribution in [2.45, 2.75) is 13.1 Å². The number of ether oxygens (including phenoxy) is 3. The Labute approximate surface area is 163 Å². The van der Waals surface area contributed by atoms with Crippen LogP contribution in [-0.2, 0) is 17.8 Å². The molecule has 0 unspecified atom stereocenters. The number of carbonyl (C=O) groups is 2. The molecule has 2 amide bonds. The minimum atomic E-state index is -0.256. The summed E-state index contributed by atoms with van der Waals surface area (Å²) in [4.78, 5) is 26.9. The van der Waals surface area contributed by atoms with Crippen molar-refractivity contribution in [1.82, 2.24) is 20.0 Å². The molecule has 2 aromatic rings. The van der Waals surface area contributed by atoms with Crippen molar-refractivity contribution in [2.24, 2.45) is 0 Å². The van der Waals surface area contributed by atoms with Gasteiger partial charge in [0.15, 0.2) is 5.69 Å². The maximum Gasteiger partial charge on any atom is 0.271 e. The molecule has 1 aromatic heterocycles. The van der Waals surface area contributed by atoms with Gasteiger partial charge < -0.3 is 24.4 Å². The number of nitrogens with one attached hydrogen (secondary N) is 1. The summed E-state index contributed by atoms with van der Waals surface area (Å²) >= 11 is 0. The highest BCUT2D eigenvalue weighted by Crippen LogP contribution is 2.27. The molecule has 0 saturated heterocycles. The molecular formula is C19H24N4O5. The first-order valence-electron chi connectivity index (χ1n) is 8.92. The molecule has 0 radical (unpaired) electrons. The number of benzene rings is 1. The molecule has 0 spiro atoms. The van der Waals surface area contributed by atoms with Crippen LogP contribution >= 0.6 is 0 Å². The number of carbonyl (C=O) groups excluding carboxylic acids is 2. The maximum absolute atomic E-state index is 13.0. The first kappa shape index (κ1) is 19.7. The van der Waals surface area contributed by atoms with E-state index in [0.717, 1.165) is 5.69 Å². The summed E-state index contributed by atoms with van der Waals surface area (Å²) in [5.41, 5.74) is 1.61. The number of nitrogens with zero attached hydrogens (tertiary/aromatic N) is 3.